The standard InChI is InChI=1S/C13H16N4O4/c1-6-4-10-14-5-9(7(2)17(10)16-6)12(19)15-11(8(3)18)13(20)21/h4-5,8,11,18H,1-3H3,(H,15,19)(H,20,21)/t8-,11+/m1/s1. The fourth-order valence-electron chi connectivity index (χ4n) is 1.99. The number of rotatable bonds is 4. The van der Waals surface area contributed by atoms with Crippen molar-refractivity contribution in [3.63, 3.8) is 0 Å². The zero-order valence-corrected chi connectivity index (χ0v) is 11.9. The number of aliphatic carboxylic acids is 1. The molecule has 8 heteroatoms. The van der Waals surface area contributed by atoms with E-state index in [4.69, 9.17) is 5.11 Å². The van der Waals surface area contributed by atoms with Crippen LogP contribution in [-0.4, -0.2) is 48.8 Å². The zero-order chi connectivity index (χ0) is 15.7. The van der Waals surface area contributed by atoms with Gasteiger partial charge < -0.3 is 15.5 Å². The number of nitrogens with one attached hydrogen (secondary N) is 1. The van der Waals surface area contributed by atoms with Crippen molar-refractivity contribution in [2.24, 2.45) is 0 Å². The molecule has 0 radical (unpaired) electrons. The molecule has 2 aromatic rings. The second kappa shape index (κ2) is 5.49. The highest BCUT2D eigenvalue weighted by molar-refractivity contribution is 5.97. The molecule has 0 fully saturated rings. The van der Waals surface area contributed by atoms with Crippen molar-refractivity contribution in [1.82, 2.24) is 19.9 Å². The van der Waals surface area contributed by atoms with Gasteiger partial charge in [-0.05, 0) is 20.8 Å². The summed E-state index contributed by atoms with van der Waals surface area (Å²) in [5, 5.41) is 24.9. The van der Waals surface area contributed by atoms with E-state index in [0.29, 0.717) is 11.3 Å². The molecule has 2 aromatic heterocycles. The van der Waals surface area contributed by atoms with Gasteiger partial charge in [-0.25, -0.2) is 14.3 Å². The third-order valence-corrected chi connectivity index (χ3v) is 3.13. The third kappa shape index (κ3) is 2.84. The van der Waals surface area contributed by atoms with Crippen LogP contribution in [0.4, 0.5) is 0 Å². The number of fused-ring (bicyclic) bond motifs is 1. The molecule has 0 bridgehead atoms. The molecule has 21 heavy (non-hydrogen) atoms. The molecule has 3 N–H and O–H groups in total. The first-order valence-electron chi connectivity index (χ1n) is 6.35. The van der Waals surface area contributed by atoms with Crippen molar-refractivity contribution >= 4 is 17.5 Å². The maximum Gasteiger partial charge on any atom is 0.328 e. The first-order valence-corrected chi connectivity index (χ1v) is 6.35. The van der Waals surface area contributed by atoms with Gasteiger partial charge in [-0.2, -0.15) is 5.10 Å². The summed E-state index contributed by atoms with van der Waals surface area (Å²) in [6.07, 6.45) is 0.151. The van der Waals surface area contributed by atoms with Gasteiger partial charge in [0.2, 0.25) is 0 Å². The van der Waals surface area contributed by atoms with Crippen LogP contribution in [-0.2, 0) is 4.79 Å². The Morgan fingerprint density at radius 2 is 2.05 bits per heavy atom. The highest BCUT2D eigenvalue weighted by atomic mass is 16.4. The number of hydrogen-bond donors (Lipinski definition) is 3. The Morgan fingerprint density at radius 1 is 1.38 bits per heavy atom. The van der Waals surface area contributed by atoms with Crippen LogP contribution in [0.25, 0.3) is 5.65 Å². The normalized spacial score (nSPS) is 13.9. The van der Waals surface area contributed by atoms with Crippen molar-refractivity contribution in [2.45, 2.75) is 32.9 Å². The van der Waals surface area contributed by atoms with Gasteiger partial charge in [0.25, 0.3) is 5.91 Å². The van der Waals surface area contributed by atoms with E-state index in [0.717, 1.165) is 5.69 Å². The van der Waals surface area contributed by atoms with E-state index < -0.39 is 24.0 Å². The highest BCUT2D eigenvalue weighted by Crippen LogP contribution is 2.11. The third-order valence-electron chi connectivity index (χ3n) is 3.13. The number of aromatic nitrogens is 3. The van der Waals surface area contributed by atoms with Gasteiger partial charge in [-0.15, -0.1) is 0 Å². The van der Waals surface area contributed by atoms with E-state index >= 15 is 0 Å². The predicted octanol–water partition coefficient (Wildman–Crippen LogP) is -0.0901. The van der Waals surface area contributed by atoms with Crippen LogP contribution in [0.5, 0.6) is 0 Å². The molecular weight excluding hydrogens is 276 g/mol. The summed E-state index contributed by atoms with van der Waals surface area (Å²) in [5.41, 5.74) is 2.11. The van der Waals surface area contributed by atoms with Crippen molar-refractivity contribution in [3.05, 3.63) is 29.2 Å². The Labute approximate surface area is 120 Å². The maximum absolute atomic E-state index is 12.2. The van der Waals surface area contributed by atoms with Crippen LogP contribution in [0, 0.1) is 13.8 Å². The Morgan fingerprint density at radius 3 is 2.62 bits per heavy atom. The largest absolute Gasteiger partial charge is 0.480 e. The fraction of sp³-hybridized carbons (Fsp3) is 0.385. The number of carboxylic acid groups (broad SMARTS) is 1. The van der Waals surface area contributed by atoms with Gasteiger partial charge in [-0.3, -0.25) is 4.79 Å². The summed E-state index contributed by atoms with van der Waals surface area (Å²) in [7, 11) is 0. The molecule has 2 heterocycles. The number of aliphatic hydroxyl groups excluding tert-OH is 1. The summed E-state index contributed by atoms with van der Waals surface area (Å²) < 4.78 is 1.52. The van der Waals surface area contributed by atoms with Crippen molar-refractivity contribution in [1.29, 1.82) is 0 Å². The van der Waals surface area contributed by atoms with Gasteiger partial charge in [0.1, 0.15) is 0 Å². The molecular formula is C13H16N4O4. The lowest BCUT2D eigenvalue weighted by atomic mass is 10.1. The molecule has 0 spiro atoms. The molecule has 2 atom stereocenters. The Bertz CT molecular complexity index is 708. The van der Waals surface area contributed by atoms with Crippen LogP contribution < -0.4 is 5.32 Å². The van der Waals surface area contributed by atoms with Gasteiger partial charge >= 0.3 is 5.97 Å². The van der Waals surface area contributed by atoms with E-state index in [-0.39, 0.29) is 5.56 Å². The lowest BCUT2D eigenvalue weighted by Crippen LogP contribution is -2.47. The van der Waals surface area contributed by atoms with E-state index in [2.05, 4.69) is 15.4 Å². The monoisotopic (exact) mass is 292 g/mol. The minimum atomic E-state index is -1.38. The summed E-state index contributed by atoms with van der Waals surface area (Å²) in [5.74, 6) is -1.93. The van der Waals surface area contributed by atoms with E-state index in [1.54, 1.807) is 13.0 Å². The van der Waals surface area contributed by atoms with E-state index in [9.17, 15) is 14.7 Å². The minimum Gasteiger partial charge on any atom is -0.480 e. The molecule has 2 rings (SSSR count). The Balaban J connectivity index is 2.35. The Hall–Kier alpha value is -2.48. The molecule has 0 aromatic carbocycles. The van der Waals surface area contributed by atoms with Crippen LogP contribution in [0.3, 0.4) is 0 Å². The topological polar surface area (TPSA) is 117 Å². The van der Waals surface area contributed by atoms with E-state index in [1.807, 2.05) is 6.92 Å². The molecule has 112 valence electrons. The second-order valence-corrected chi connectivity index (χ2v) is 4.84. The molecule has 0 unspecified atom stereocenters. The number of aliphatic hydroxyl groups is 1. The van der Waals surface area contributed by atoms with Crippen molar-refractivity contribution in [3.8, 4) is 0 Å². The molecule has 0 aliphatic heterocycles. The van der Waals surface area contributed by atoms with E-state index in [1.165, 1.54) is 17.6 Å². The van der Waals surface area contributed by atoms with Crippen molar-refractivity contribution in [2.75, 3.05) is 0 Å². The summed E-state index contributed by atoms with van der Waals surface area (Å²) in [6, 6.07) is 0.386. The zero-order valence-electron chi connectivity index (χ0n) is 11.9. The minimum absolute atomic E-state index is 0.206. The maximum atomic E-state index is 12.2. The predicted molar refractivity (Wildman–Crippen MR) is 73.0 cm³/mol. The number of aryl methyl sites for hydroxylation is 2. The summed E-state index contributed by atoms with van der Waals surface area (Å²) in [6.45, 7) is 4.79. The van der Waals surface area contributed by atoms with Crippen LogP contribution in [0.15, 0.2) is 12.3 Å². The average molecular weight is 292 g/mol. The lowest BCUT2D eigenvalue weighted by Gasteiger charge is -2.17. The van der Waals surface area contributed by atoms with Crippen LogP contribution in [0.2, 0.25) is 0 Å². The SMILES string of the molecule is Cc1cc2ncc(C(=O)N[C@H](C(=O)O)[C@@H](C)O)c(C)n2n1. The highest BCUT2D eigenvalue weighted by Gasteiger charge is 2.26. The number of amides is 1. The van der Waals surface area contributed by atoms with Gasteiger partial charge in [-0.1, -0.05) is 0 Å². The van der Waals surface area contributed by atoms with Crippen molar-refractivity contribution < 1.29 is 19.8 Å². The second-order valence-electron chi connectivity index (χ2n) is 4.84. The number of hydrogen-bond acceptors (Lipinski definition) is 5. The summed E-state index contributed by atoms with van der Waals surface area (Å²) >= 11 is 0. The van der Waals surface area contributed by atoms with Crippen LogP contribution in [0.1, 0.15) is 28.7 Å². The first kappa shape index (κ1) is 14.9. The molecule has 0 aliphatic carbocycles. The van der Waals surface area contributed by atoms with Gasteiger partial charge in [0.15, 0.2) is 11.7 Å². The number of nitrogens with zero attached hydrogens (tertiary/aromatic N) is 3. The molecule has 0 saturated carbocycles. The van der Waals surface area contributed by atoms with Crippen LogP contribution >= 0.6 is 0 Å². The number of carbonyl (C=O) groups is 2. The molecule has 8 nitrogen and oxygen atoms in total. The number of carboxylic acids is 1. The summed E-state index contributed by atoms with van der Waals surface area (Å²) in [4.78, 5) is 27.3. The smallest absolute Gasteiger partial charge is 0.328 e. The first-order chi connectivity index (χ1) is 9.81. The quantitative estimate of drug-likeness (QED) is 0.725. The molecule has 1 amide bonds. The van der Waals surface area contributed by atoms with Gasteiger partial charge in [0.05, 0.1) is 23.1 Å². The van der Waals surface area contributed by atoms with Gasteiger partial charge in [0, 0.05) is 12.3 Å². The fourth-order valence-corrected chi connectivity index (χ4v) is 1.99. The number of carbonyl (C=O) groups excluding carboxylic acids is 1. The molecule has 0 saturated heterocycles. The average Bonchev–Trinajstić information content (AvgIpc) is 2.77. The molecule has 0 aliphatic rings. The lowest BCUT2D eigenvalue weighted by molar-refractivity contribution is -0.141. The Kier molecular flexibility index (Phi) is 3.90.